The van der Waals surface area contributed by atoms with Crippen molar-refractivity contribution in [1.29, 1.82) is 0 Å². The van der Waals surface area contributed by atoms with Crippen LogP contribution in [0, 0.1) is 0 Å². The minimum absolute atomic E-state index is 0.190. The summed E-state index contributed by atoms with van der Waals surface area (Å²) < 4.78 is 5.81. The van der Waals surface area contributed by atoms with Crippen LogP contribution in [0.25, 0.3) is 0 Å². The summed E-state index contributed by atoms with van der Waals surface area (Å²) in [6.07, 6.45) is 0.503. The second-order valence-electron chi connectivity index (χ2n) is 4.74. The highest BCUT2D eigenvalue weighted by Gasteiger charge is 2.39. The van der Waals surface area contributed by atoms with Gasteiger partial charge in [0.15, 0.2) is 10.4 Å². The van der Waals surface area contributed by atoms with Gasteiger partial charge in [-0.3, -0.25) is 14.5 Å². The van der Waals surface area contributed by atoms with E-state index in [1.807, 2.05) is 24.3 Å². The van der Waals surface area contributed by atoms with Gasteiger partial charge in [-0.25, -0.2) is 0 Å². The molecule has 108 valence electrons. The van der Waals surface area contributed by atoms with E-state index in [9.17, 15) is 9.59 Å². The summed E-state index contributed by atoms with van der Waals surface area (Å²) in [5.74, 6) is -0.308. The van der Waals surface area contributed by atoms with E-state index in [1.165, 1.54) is 4.90 Å². The average molecular weight is 349 g/mol. The molecule has 0 bridgehead atoms. The van der Waals surface area contributed by atoms with Crippen molar-refractivity contribution in [3.63, 3.8) is 0 Å². The zero-order valence-corrected chi connectivity index (χ0v) is 12.9. The molecule has 2 aromatic rings. The monoisotopic (exact) mass is 348 g/mol. The van der Waals surface area contributed by atoms with Gasteiger partial charge in [0.1, 0.15) is 6.04 Å². The molecule has 0 radical (unpaired) electrons. The third kappa shape index (κ3) is 2.35. The molecular weight excluding hydrogens is 336 g/mol. The summed E-state index contributed by atoms with van der Waals surface area (Å²) >= 11 is 3.18. The first-order valence-corrected chi connectivity index (χ1v) is 7.29. The molecule has 5 nitrogen and oxygen atoms in total. The van der Waals surface area contributed by atoms with Crippen LogP contribution in [0.3, 0.4) is 0 Å². The number of halogens is 1. The van der Waals surface area contributed by atoms with Gasteiger partial charge < -0.3 is 9.73 Å². The lowest BCUT2D eigenvalue weighted by atomic mass is 10.1. The lowest BCUT2D eigenvalue weighted by Crippen LogP contribution is -2.47. The Balaban J connectivity index is 2.03. The summed E-state index contributed by atoms with van der Waals surface area (Å²) in [7, 11) is 1.57. The van der Waals surface area contributed by atoms with Gasteiger partial charge in [-0.05, 0) is 39.7 Å². The van der Waals surface area contributed by atoms with E-state index in [2.05, 4.69) is 21.2 Å². The molecule has 0 fully saturated rings. The van der Waals surface area contributed by atoms with Gasteiger partial charge >= 0.3 is 0 Å². The zero-order valence-electron chi connectivity index (χ0n) is 11.3. The number of hydrogen-bond donors (Lipinski definition) is 1. The van der Waals surface area contributed by atoms with Crippen LogP contribution < -0.4 is 10.2 Å². The number of furan rings is 1. The lowest BCUT2D eigenvalue weighted by molar-refractivity contribution is -0.121. The van der Waals surface area contributed by atoms with Crippen molar-refractivity contribution < 1.29 is 14.0 Å². The number of benzene rings is 1. The fraction of sp³-hybridized carbons (Fsp3) is 0.200. The highest BCUT2D eigenvalue weighted by molar-refractivity contribution is 9.10. The molecular formula is C15H13BrN2O3. The maximum absolute atomic E-state index is 12.7. The van der Waals surface area contributed by atoms with E-state index in [0.29, 0.717) is 11.1 Å². The summed E-state index contributed by atoms with van der Waals surface area (Å²) in [5, 5.41) is 2.61. The number of hydrogen-bond acceptors (Lipinski definition) is 3. The standard InChI is InChI=1S/C15H13BrN2O3/c1-17-14(19)11-8-9-4-2-3-5-10(9)18(11)15(20)12-6-7-13(16)21-12/h2-7,11H,8H2,1H3,(H,17,19). The normalized spacial score (nSPS) is 16.7. The molecule has 0 saturated heterocycles. The number of amides is 2. The highest BCUT2D eigenvalue weighted by atomic mass is 79.9. The molecule has 2 heterocycles. The maximum atomic E-state index is 12.7. The van der Waals surface area contributed by atoms with Crippen molar-refractivity contribution in [1.82, 2.24) is 5.32 Å². The first kappa shape index (κ1) is 13.9. The Hall–Kier alpha value is -2.08. The van der Waals surface area contributed by atoms with Crippen molar-refractivity contribution in [3.05, 3.63) is 52.4 Å². The maximum Gasteiger partial charge on any atom is 0.294 e. The number of likely N-dealkylation sites (N-methyl/N-ethyl adjacent to an activating group) is 1. The fourth-order valence-electron chi connectivity index (χ4n) is 2.56. The topological polar surface area (TPSA) is 62.6 Å². The van der Waals surface area contributed by atoms with Crippen molar-refractivity contribution in [2.24, 2.45) is 0 Å². The van der Waals surface area contributed by atoms with Gasteiger partial charge in [0.05, 0.1) is 0 Å². The highest BCUT2D eigenvalue weighted by Crippen LogP contribution is 2.33. The molecule has 1 N–H and O–H groups in total. The van der Waals surface area contributed by atoms with Crippen LogP contribution in [0.1, 0.15) is 16.1 Å². The lowest BCUT2D eigenvalue weighted by Gasteiger charge is -2.23. The van der Waals surface area contributed by atoms with Gasteiger partial charge in [0.25, 0.3) is 5.91 Å². The third-order valence-electron chi connectivity index (χ3n) is 3.53. The number of anilines is 1. The van der Waals surface area contributed by atoms with Crippen LogP contribution >= 0.6 is 15.9 Å². The third-order valence-corrected chi connectivity index (χ3v) is 3.95. The van der Waals surface area contributed by atoms with Gasteiger partial charge in [-0.2, -0.15) is 0 Å². The van der Waals surface area contributed by atoms with Crippen LogP contribution in [0.15, 0.2) is 45.5 Å². The van der Waals surface area contributed by atoms with Gasteiger partial charge in [0.2, 0.25) is 5.91 Å². The number of carbonyl (C=O) groups excluding carboxylic acids is 2. The fourth-order valence-corrected chi connectivity index (χ4v) is 2.87. The number of nitrogens with zero attached hydrogens (tertiary/aromatic N) is 1. The summed E-state index contributed by atoms with van der Waals surface area (Å²) in [6.45, 7) is 0. The SMILES string of the molecule is CNC(=O)C1Cc2ccccc2N1C(=O)c1ccc(Br)o1. The van der Waals surface area contributed by atoms with Gasteiger partial charge in [0, 0.05) is 19.2 Å². The Bertz CT molecular complexity index is 710. The predicted octanol–water partition coefficient (Wildman–Crippen LogP) is 2.36. The van der Waals surface area contributed by atoms with Crippen LogP contribution in [-0.4, -0.2) is 24.9 Å². The molecule has 0 aliphatic carbocycles. The molecule has 1 unspecified atom stereocenters. The Morgan fingerprint density at radius 1 is 1.29 bits per heavy atom. The van der Waals surface area contributed by atoms with E-state index in [1.54, 1.807) is 19.2 Å². The molecule has 1 atom stereocenters. The van der Waals surface area contributed by atoms with Crippen molar-refractivity contribution in [2.45, 2.75) is 12.5 Å². The molecule has 0 saturated carbocycles. The predicted molar refractivity (Wildman–Crippen MR) is 81.2 cm³/mol. The molecule has 21 heavy (non-hydrogen) atoms. The zero-order chi connectivity index (χ0) is 15.0. The quantitative estimate of drug-likeness (QED) is 0.906. The van der Waals surface area contributed by atoms with Crippen LogP contribution in [-0.2, 0) is 11.2 Å². The second-order valence-corrected chi connectivity index (χ2v) is 5.52. The first-order chi connectivity index (χ1) is 10.1. The van der Waals surface area contributed by atoms with E-state index >= 15 is 0 Å². The molecule has 1 aliphatic rings. The summed E-state index contributed by atoms with van der Waals surface area (Å²) in [4.78, 5) is 26.3. The van der Waals surface area contributed by atoms with Gasteiger partial charge in [-0.15, -0.1) is 0 Å². The Labute approximate surface area is 130 Å². The Morgan fingerprint density at radius 2 is 2.05 bits per heavy atom. The summed E-state index contributed by atoms with van der Waals surface area (Å²) in [5.41, 5.74) is 1.73. The molecule has 2 amide bonds. The summed E-state index contributed by atoms with van der Waals surface area (Å²) in [6, 6.07) is 10.2. The van der Waals surface area contributed by atoms with Gasteiger partial charge in [-0.1, -0.05) is 18.2 Å². The number of nitrogens with one attached hydrogen (secondary N) is 1. The second kappa shape index (κ2) is 5.37. The molecule has 1 aromatic heterocycles. The number of rotatable bonds is 2. The van der Waals surface area contributed by atoms with Crippen LogP contribution in [0.4, 0.5) is 5.69 Å². The first-order valence-electron chi connectivity index (χ1n) is 6.50. The molecule has 1 aromatic carbocycles. The number of fused-ring (bicyclic) bond motifs is 1. The van der Waals surface area contributed by atoms with Crippen LogP contribution in [0.5, 0.6) is 0 Å². The van der Waals surface area contributed by atoms with Crippen molar-refractivity contribution >= 4 is 33.4 Å². The Kier molecular flexibility index (Phi) is 3.55. The average Bonchev–Trinajstić information content (AvgIpc) is 3.09. The van der Waals surface area contributed by atoms with Crippen molar-refractivity contribution in [3.8, 4) is 0 Å². The largest absolute Gasteiger partial charge is 0.444 e. The minimum Gasteiger partial charge on any atom is -0.444 e. The minimum atomic E-state index is -0.552. The van der Waals surface area contributed by atoms with Crippen LogP contribution in [0.2, 0.25) is 0 Å². The van der Waals surface area contributed by atoms with E-state index in [-0.39, 0.29) is 17.6 Å². The number of para-hydroxylation sites is 1. The van der Waals surface area contributed by atoms with E-state index < -0.39 is 6.04 Å². The van der Waals surface area contributed by atoms with Crippen molar-refractivity contribution in [2.75, 3.05) is 11.9 Å². The Morgan fingerprint density at radius 3 is 2.71 bits per heavy atom. The molecule has 6 heteroatoms. The smallest absolute Gasteiger partial charge is 0.294 e. The number of carbonyl (C=O) groups is 2. The van der Waals surface area contributed by atoms with E-state index in [0.717, 1.165) is 11.3 Å². The molecule has 3 rings (SSSR count). The molecule has 0 spiro atoms. The molecule has 1 aliphatic heterocycles. The van der Waals surface area contributed by atoms with E-state index in [4.69, 9.17) is 4.42 Å².